The number of benzene rings is 2. The predicted molar refractivity (Wildman–Crippen MR) is 231 cm³/mol. The fourth-order valence-electron chi connectivity index (χ4n) is 7.49. The molecule has 0 radical (unpaired) electrons. The molecule has 1 fully saturated rings. The highest BCUT2D eigenvalue weighted by atomic mass is 32.1. The lowest BCUT2D eigenvalue weighted by Crippen LogP contribution is -2.57. The largest absolute Gasteiger partial charge is 0.467 e. The molecule has 0 spiro atoms. The second-order valence-corrected chi connectivity index (χ2v) is 17.2. The third kappa shape index (κ3) is 14.7. The van der Waals surface area contributed by atoms with Gasteiger partial charge in [0, 0.05) is 37.9 Å². The molecule has 1 aromatic heterocycles. The van der Waals surface area contributed by atoms with Crippen LogP contribution in [-0.4, -0.2) is 108 Å². The van der Waals surface area contributed by atoms with Crippen molar-refractivity contribution in [2.24, 2.45) is 11.8 Å². The van der Waals surface area contributed by atoms with Crippen molar-refractivity contribution in [2.75, 3.05) is 27.7 Å². The average Bonchev–Trinajstić information content (AvgIpc) is 3.74. The maximum atomic E-state index is 14.2. The number of carbonyl (C=O) groups is 6. The highest BCUT2D eigenvalue weighted by molar-refractivity contribution is 7.09. The minimum absolute atomic E-state index is 0.00911. The lowest BCUT2D eigenvalue weighted by atomic mass is 9.94. The van der Waals surface area contributed by atoms with Gasteiger partial charge in [-0.3, -0.25) is 24.1 Å². The molecule has 332 valence electrons. The van der Waals surface area contributed by atoms with E-state index in [0.717, 1.165) is 48.3 Å². The zero-order valence-electron chi connectivity index (χ0n) is 36.6. The first-order valence-corrected chi connectivity index (χ1v) is 21.8. The van der Waals surface area contributed by atoms with Gasteiger partial charge in [0.2, 0.25) is 11.8 Å². The number of aromatic nitrogens is 1. The van der Waals surface area contributed by atoms with Crippen molar-refractivity contribution in [1.29, 1.82) is 0 Å². The molecule has 2 aromatic carbocycles. The normalized spacial score (nSPS) is 16.7. The Hall–Kier alpha value is -5.35. The number of carbonyl (C=O) groups excluding carboxylic acids is 6. The molecule has 0 saturated carbocycles. The molecule has 0 aliphatic carbocycles. The number of likely N-dealkylation sites (tertiary alicyclic amines) is 1. The first kappa shape index (κ1) is 48.3. The van der Waals surface area contributed by atoms with Crippen LogP contribution in [0.25, 0.3) is 0 Å². The van der Waals surface area contributed by atoms with Gasteiger partial charge in [0.25, 0.3) is 5.91 Å². The summed E-state index contributed by atoms with van der Waals surface area (Å²) >= 11 is 1.14. The summed E-state index contributed by atoms with van der Waals surface area (Å²) in [6.45, 7) is 9.82. The van der Waals surface area contributed by atoms with Crippen molar-refractivity contribution in [1.82, 2.24) is 30.7 Å². The number of nitrogens with zero attached hydrogens (tertiary/aromatic N) is 3. The van der Waals surface area contributed by atoms with Gasteiger partial charge in [0.1, 0.15) is 29.4 Å². The third-order valence-corrected chi connectivity index (χ3v) is 11.8. The van der Waals surface area contributed by atoms with E-state index in [-0.39, 0.29) is 54.8 Å². The quantitative estimate of drug-likeness (QED) is 0.0971. The van der Waals surface area contributed by atoms with Crippen molar-refractivity contribution in [3.63, 3.8) is 0 Å². The SMILES string of the molecule is COC(=O)[C@@H](C[C@@H](Cc1ccccc1)NC(=O)c1csc([C@@H](C[C@@H](C(C)C)N(C)C(=O)[C@@H](NC(=O)C2CCCCN2C)C(C)C)OC(C)=O)n1)NC(=O)OCc1ccccc1. The molecule has 3 aromatic rings. The molecule has 3 N–H and O–H groups in total. The summed E-state index contributed by atoms with van der Waals surface area (Å²) in [5.41, 5.74) is 1.69. The highest BCUT2D eigenvalue weighted by Crippen LogP contribution is 2.31. The van der Waals surface area contributed by atoms with Gasteiger partial charge in [-0.2, -0.15) is 0 Å². The standard InChI is InChI=1S/C45H62N6O9S/c1-28(2)37(51(7)43(55)39(29(3)4)49-41(54)36-21-15-16-22-50(36)6)25-38(60-30(5)52)42-47-35(27-61-42)40(53)46-33(23-31-17-11-9-12-18-31)24-34(44(56)58-8)48-45(57)59-26-32-19-13-10-14-20-32/h9-14,17-20,27-29,33-34,36-39H,15-16,21-26H2,1-8H3,(H,46,53)(H,48,57)(H,49,54)/t33-,34-,36?,37+,38-,39+/m1/s1. The van der Waals surface area contributed by atoms with Crippen LogP contribution in [-0.2, 0) is 46.4 Å². The minimum Gasteiger partial charge on any atom is -0.467 e. The van der Waals surface area contributed by atoms with Crippen LogP contribution in [0.1, 0.15) is 99.4 Å². The Kier molecular flexibility index (Phi) is 18.7. The molecule has 2 heterocycles. The van der Waals surface area contributed by atoms with Crippen LogP contribution >= 0.6 is 11.3 Å². The first-order chi connectivity index (χ1) is 29.1. The van der Waals surface area contributed by atoms with Gasteiger partial charge in [-0.1, -0.05) is 94.8 Å². The highest BCUT2D eigenvalue weighted by Gasteiger charge is 2.37. The Morgan fingerprint density at radius 3 is 2.13 bits per heavy atom. The minimum atomic E-state index is -1.16. The molecule has 61 heavy (non-hydrogen) atoms. The van der Waals surface area contributed by atoms with Crippen LogP contribution in [0.3, 0.4) is 0 Å². The van der Waals surface area contributed by atoms with E-state index in [9.17, 15) is 28.8 Å². The number of piperidine rings is 1. The van der Waals surface area contributed by atoms with Crippen molar-refractivity contribution in [3.05, 3.63) is 87.9 Å². The number of amides is 4. The van der Waals surface area contributed by atoms with Gasteiger partial charge in [0.05, 0.1) is 13.2 Å². The molecule has 15 nitrogen and oxygen atoms in total. The van der Waals surface area contributed by atoms with E-state index in [1.54, 1.807) is 29.5 Å². The predicted octanol–water partition coefficient (Wildman–Crippen LogP) is 5.44. The molecule has 1 saturated heterocycles. The first-order valence-electron chi connectivity index (χ1n) is 20.9. The fourth-order valence-corrected chi connectivity index (χ4v) is 8.33. The number of hydrogen-bond donors (Lipinski definition) is 3. The van der Waals surface area contributed by atoms with Crippen LogP contribution in [0.5, 0.6) is 0 Å². The summed E-state index contributed by atoms with van der Waals surface area (Å²) in [6.07, 6.45) is 1.44. The molecular formula is C45H62N6O9S. The Balaban J connectivity index is 1.51. The Labute approximate surface area is 363 Å². The van der Waals surface area contributed by atoms with Gasteiger partial charge in [-0.25, -0.2) is 14.6 Å². The van der Waals surface area contributed by atoms with Crippen LogP contribution in [0, 0.1) is 11.8 Å². The van der Waals surface area contributed by atoms with Crippen molar-refractivity contribution >= 4 is 47.1 Å². The molecule has 16 heteroatoms. The molecule has 1 aliphatic heterocycles. The second-order valence-electron chi connectivity index (χ2n) is 16.3. The van der Waals surface area contributed by atoms with E-state index in [4.69, 9.17) is 14.2 Å². The van der Waals surface area contributed by atoms with Gasteiger partial charge in [-0.15, -0.1) is 11.3 Å². The summed E-state index contributed by atoms with van der Waals surface area (Å²) in [7, 11) is 4.83. The molecule has 1 unspecified atom stereocenters. The summed E-state index contributed by atoms with van der Waals surface area (Å²) in [6, 6.07) is 15.1. The van der Waals surface area contributed by atoms with E-state index >= 15 is 0 Å². The summed E-state index contributed by atoms with van der Waals surface area (Å²) in [4.78, 5) is 88.0. The van der Waals surface area contributed by atoms with Gasteiger partial charge >= 0.3 is 18.0 Å². The van der Waals surface area contributed by atoms with Crippen molar-refractivity contribution < 1.29 is 43.0 Å². The Morgan fingerprint density at radius 2 is 1.54 bits per heavy atom. The fraction of sp³-hybridized carbons (Fsp3) is 0.533. The number of likely N-dealkylation sites (N-methyl/N-ethyl adjacent to an activating group) is 2. The zero-order chi connectivity index (χ0) is 44.6. The number of rotatable bonds is 20. The van der Waals surface area contributed by atoms with E-state index in [1.165, 1.54) is 14.0 Å². The summed E-state index contributed by atoms with van der Waals surface area (Å²) in [5, 5.41) is 10.5. The number of methoxy groups -OCH3 is 1. The smallest absolute Gasteiger partial charge is 0.408 e. The molecule has 1 aliphatic rings. The lowest BCUT2D eigenvalue weighted by Gasteiger charge is -2.37. The zero-order valence-corrected chi connectivity index (χ0v) is 37.4. The summed E-state index contributed by atoms with van der Waals surface area (Å²) < 4.78 is 16.2. The van der Waals surface area contributed by atoms with Gasteiger partial charge < -0.3 is 35.1 Å². The number of nitrogens with one attached hydrogen (secondary N) is 3. The number of esters is 2. The monoisotopic (exact) mass is 862 g/mol. The average molecular weight is 863 g/mol. The van der Waals surface area contributed by atoms with E-state index in [0.29, 0.717) is 11.4 Å². The van der Waals surface area contributed by atoms with E-state index in [2.05, 4.69) is 20.9 Å². The van der Waals surface area contributed by atoms with Crippen molar-refractivity contribution in [3.8, 4) is 0 Å². The van der Waals surface area contributed by atoms with E-state index in [1.807, 2.05) is 88.2 Å². The van der Waals surface area contributed by atoms with Crippen LogP contribution in [0.2, 0.25) is 0 Å². The lowest BCUT2D eigenvalue weighted by molar-refractivity contribution is -0.149. The molecule has 0 bridgehead atoms. The number of hydrogen-bond acceptors (Lipinski definition) is 12. The number of thiazole rings is 1. The third-order valence-electron chi connectivity index (χ3n) is 10.9. The van der Waals surface area contributed by atoms with Crippen LogP contribution < -0.4 is 16.0 Å². The molecular weight excluding hydrogens is 801 g/mol. The van der Waals surface area contributed by atoms with Crippen molar-refractivity contribution in [2.45, 2.75) is 116 Å². The number of ether oxygens (including phenoxy) is 3. The Morgan fingerprint density at radius 1 is 0.885 bits per heavy atom. The van der Waals surface area contributed by atoms with Crippen LogP contribution in [0.4, 0.5) is 4.79 Å². The topological polar surface area (TPSA) is 186 Å². The van der Waals surface area contributed by atoms with E-state index < -0.39 is 54.2 Å². The number of alkyl carbamates (subject to hydrolysis) is 1. The van der Waals surface area contributed by atoms with Gasteiger partial charge in [0.15, 0.2) is 6.10 Å². The Bertz CT molecular complexity index is 1910. The van der Waals surface area contributed by atoms with Gasteiger partial charge in [-0.05, 0) is 62.2 Å². The molecule has 4 rings (SSSR count). The molecule has 4 amide bonds. The second kappa shape index (κ2) is 23.6. The van der Waals surface area contributed by atoms with Crippen LogP contribution in [0.15, 0.2) is 66.0 Å². The maximum absolute atomic E-state index is 14.2. The maximum Gasteiger partial charge on any atom is 0.408 e. The summed E-state index contributed by atoms with van der Waals surface area (Å²) in [5.74, 6) is -2.53. The molecule has 6 atom stereocenters.